The van der Waals surface area contributed by atoms with E-state index < -0.39 is 49.1 Å². The Hall–Kier alpha value is -8.14. The lowest BCUT2D eigenvalue weighted by atomic mass is 9.88. The highest BCUT2D eigenvalue weighted by Gasteiger charge is 2.29. The number of nitrogen functional groups attached to an aromatic ring is 2. The molecule has 0 amide bonds. The predicted molar refractivity (Wildman–Crippen MR) is 231 cm³/mol. The summed E-state index contributed by atoms with van der Waals surface area (Å²) in [6.07, 6.45) is -3.28. The molecule has 0 radical (unpaired) electrons. The first-order valence-corrected chi connectivity index (χ1v) is 19.3. The van der Waals surface area contributed by atoms with Crippen molar-refractivity contribution in [2.75, 3.05) is 24.7 Å². The van der Waals surface area contributed by atoms with E-state index in [1.165, 1.54) is 97.1 Å². The number of halogens is 6. The fraction of sp³-hybridized carbons (Fsp3) is 0.102. The van der Waals surface area contributed by atoms with Crippen LogP contribution in [0.3, 0.4) is 0 Å². The molecule has 10 nitrogen and oxygen atoms in total. The van der Waals surface area contributed by atoms with Crippen LogP contribution in [0.25, 0.3) is 23.3 Å². The number of anilines is 2. The first kappa shape index (κ1) is 46.4. The van der Waals surface area contributed by atoms with Crippen LogP contribution in [0.1, 0.15) is 58.1 Å². The van der Waals surface area contributed by atoms with Crippen molar-refractivity contribution in [1.29, 1.82) is 0 Å². The van der Waals surface area contributed by atoms with Crippen LogP contribution in [0, 0.1) is 6.92 Å². The molecule has 0 fully saturated rings. The van der Waals surface area contributed by atoms with Gasteiger partial charge < -0.3 is 30.4 Å². The van der Waals surface area contributed by atoms with Gasteiger partial charge in [0.1, 0.15) is 23.0 Å². The average molecular weight is 895 g/mol. The third kappa shape index (κ3) is 13.0. The van der Waals surface area contributed by atoms with Gasteiger partial charge in [-0.3, -0.25) is 9.59 Å². The zero-order valence-corrected chi connectivity index (χ0v) is 34.0. The van der Waals surface area contributed by atoms with Gasteiger partial charge in [-0.15, -0.1) is 0 Å². The van der Waals surface area contributed by atoms with Crippen molar-refractivity contribution in [2.45, 2.75) is 19.3 Å². The van der Waals surface area contributed by atoms with Crippen molar-refractivity contribution in [2.24, 2.45) is 0 Å². The van der Waals surface area contributed by atoms with Crippen LogP contribution >= 0.6 is 0 Å². The molecule has 6 rings (SSSR count). The highest BCUT2D eigenvalue weighted by Crippen LogP contribution is 2.34. The lowest BCUT2D eigenvalue weighted by Crippen LogP contribution is -2.19. The summed E-state index contributed by atoms with van der Waals surface area (Å²) in [6.45, 7) is -1.26. The Balaban J connectivity index is 1.12. The molecule has 65 heavy (non-hydrogen) atoms. The molecule has 0 spiro atoms. The number of ketones is 2. The van der Waals surface area contributed by atoms with E-state index in [2.05, 4.69) is 9.47 Å². The Morgan fingerprint density at radius 3 is 1.38 bits per heavy atom. The van der Waals surface area contributed by atoms with Gasteiger partial charge in [0.05, 0.1) is 11.1 Å². The van der Waals surface area contributed by atoms with Crippen molar-refractivity contribution in [3.8, 4) is 34.1 Å². The summed E-state index contributed by atoms with van der Waals surface area (Å²) in [6, 6.07) is 30.3. The van der Waals surface area contributed by atoms with Gasteiger partial charge in [-0.05, 0) is 138 Å². The first-order valence-electron chi connectivity index (χ1n) is 19.3. The maximum Gasteiger partial charge on any atom is 0.422 e. The number of hydrogen-bond acceptors (Lipinski definition) is 10. The molecular weight excluding hydrogens is 859 g/mol. The molecule has 0 saturated heterocycles. The Kier molecular flexibility index (Phi) is 14.2. The summed E-state index contributed by atoms with van der Waals surface area (Å²) in [5, 5.41) is 0. The number of alkyl halides is 6. The number of hydrogen-bond donors (Lipinski definition) is 2. The lowest BCUT2D eigenvalue weighted by Gasteiger charge is -2.16. The molecule has 6 aromatic rings. The predicted octanol–water partition coefficient (Wildman–Crippen LogP) is 10.9. The second kappa shape index (κ2) is 19.9. The van der Waals surface area contributed by atoms with Gasteiger partial charge in [0.25, 0.3) is 0 Å². The van der Waals surface area contributed by atoms with Crippen LogP contribution in [0.5, 0.6) is 23.0 Å². The van der Waals surface area contributed by atoms with Crippen LogP contribution in [-0.4, -0.2) is 49.1 Å². The Morgan fingerprint density at radius 1 is 0.523 bits per heavy atom. The summed E-state index contributed by atoms with van der Waals surface area (Å²) in [4.78, 5) is 52.9. The van der Waals surface area contributed by atoms with E-state index in [1.54, 1.807) is 61.5 Å². The number of carbonyl (C=O) groups excluding carboxylic acids is 4. The maximum absolute atomic E-state index is 13.9. The second-order valence-electron chi connectivity index (χ2n) is 14.2. The van der Waals surface area contributed by atoms with Gasteiger partial charge in [-0.2, -0.15) is 26.3 Å². The number of allylic oxidation sites excluding steroid dienone is 2. The number of ether oxygens (including phenoxy) is 4. The SMILES string of the molecule is Cc1c(N)ccc(-c2ccc(N)cc2C(=O)/C=C/c2ccc(OC(=O)c3ccc(OCC(F)(F)F)cc3)cc2)c1C(=O)/C=C/c1ccc(OC(=O)c2ccc(OCC(F)(F)F)cc2)cc1. The number of benzene rings is 6. The van der Waals surface area contributed by atoms with Crippen LogP contribution in [-0.2, 0) is 0 Å². The average Bonchev–Trinajstić information content (AvgIpc) is 3.27. The molecule has 6 aromatic carbocycles. The van der Waals surface area contributed by atoms with E-state index in [0.717, 1.165) is 0 Å². The van der Waals surface area contributed by atoms with E-state index in [9.17, 15) is 45.5 Å². The summed E-state index contributed by atoms with van der Waals surface area (Å²) < 4.78 is 94.6. The van der Waals surface area contributed by atoms with Gasteiger partial charge in [0, 0.05) is 22.5 Å². The highest BCUT2D eigenvalue weighted by atomic mass is 19.4. The van der Waals surface area contributed by atoms with Crippen molar-refractivity contribution in [3.63, 3.8) is 0 Å². The summed E-state index contributed by atoms with van der Waals surface area (Å²) >= 11 is 0. The van der Waals surface area contributed by atoms with Gasteiger partial charge in [0.2, 0.25) is 0 Å². The minimum atomic E-state index is -4.51. The number of rotatable bonds is 15. The standard InChI is InChI=1S/C49H36F6N2O8/c1-29-42(57)23-22-40(45(29)44(59)25-7-31-4-15-38(16-5-31)65-47(61)33-10-19-36(20-11-33)63-28-49(53,54)55)39-21-12-34(56)26-41(39)43(58)24-6-30-2-13-37(14-3-30)64-46(60)32-8-17-35(18-9-32)62-27-48(50,51)52/h2-26H,27-28,56-57H2,1H3/b24-6+,25-7+. The second-order valence-corrected chi connectivity index (χ2v) is 14.2. The van der Waals surface area contributed by atoms with Crippen LogP contribution in [0.2, 0.25) is 0 Å². The third-order valence-electron chi connectivity index (χ3n) is 9.37. The highest BCUT2D eigenvalue weighted by molar-refractivity contribution is 6.16. The van der Waals surface area contributed by atoms with Crippen LogP contribution in [0.4, 0.5) is 37.7 Å². The zero-order chi connectivity index (χ0) is 46.9. The first-order chi connectivity index (χ1) is 30.8. The molecule has 0 atom stereocenters. The molecule has 0 bridgehead atoms. The lowest BCUT2D eigenvalue weighted by molar-refractivity contribution is -0.154. The van der Waals surface area contributed by atoms with Crippen molar-refractivity contribution < 1.29 is 64.5 Å². The quantitative estimate of drug-likeness (QED) is 0.0254. The molecular formula is C49H36F6N2O8. The van der Waals surface area contributed by atoms with Crippen molar-refractivity contribution in [3.05, 3.63) is 178 Å². The fourth-order valence-corrected chi connectivity index (χ4v) is 6.12. The minimum Gasteiger partial charge on any atom is -0.484 e. The van der Waals surface area contributed by atoms with Crippen LogP contribution in [0.15, 0.2) is 140 Å². The maximum atomic E-state index is 13.9. The number of nitrogens with two attached hydrogens (primary N) is 2. The Morgan fingerprint density at radius 2 is 0.938 bits per heavy atom. The van der Waals surface area contributed by atoms with Gasteiger partial charge in [0.15, 0.2) is 24.8 Å². The molecule has 0 aliphatic carbocycles. The topological polar surface area (TPSA) is 157 Å². The normalized spacial score (nSPS) is 11.7. The molecule has 0 aromatic heterocycles. The summed E-state index contributed by atoms with van der Waals surface area (Å²) in [5.41, 5.74) is 16.0. The van der Waals surface area contributed by atoms with E-state index >= 15 is 0 Å². The largest absolute Gasteiger partial charge is 0.484 e. The molecule has 0 unspecified atom stereocenters. The van der Waals surface area contributed by atoms with E-state index in [1.807, 2.05) is 0 Å². The molecule has 332 valence electrons. The van der Waals surface area contributed by atoms with Gasteiger partial charge >= 0.3 is 24.3 Å². The molecule has 0 saturated carbocycles. The molecule has 0 heterocycles. The minimum absolute atomic E-state index is 0.0676. The van der Waals surface area contributed by atoms with E-state index in [4.69, 9.17) is 20.9 Å². The monoisotopic (exact) mass is 894 g/mol. The zero-order valence-electron chi connectivity index (χ0n) is 34.0. The molecule has 16 heteroatoms. The summed E-state index contributed by atoms with van der Waals surface area (Å²) in [7, 11) is 0. The van der Waals surface area contributed by atoms with Gasteiger partial charge in [-0.1, -0.05) is 48.6 Å². The van der Waals surface area contributed by atoms with Gasteiger partial charge in [-0.25, -0.2) is 9.59 Å². The molecule has 0 aliphatic rings. The molecule has 4 N–H and O–H groups in total. The van der Waals surface area contributed by atoms with Crippen molar-refractivity contribution >= 4 is 47.0 Å². The molecule has 0 aliphatic heterocycles. The summed E-state index contributed by atoms with van der Waals surface area (Å²) in [5.74, 6) is -2.18. The van der Waals surface area contributed by atoms with Crippen molar-refractivity contribution in [1.82, 2.24) is 0 Å². The van der Waals surface area contributed by atoms with Crippen LogP contribution < -0.4 is 30.4 Å². The Bertz CT molecular complexity index is 2760. The fourth-order valence-electron chi connectivity index (χ4n) is 6.12. The van der Waals surface area contributed by atoms with E-state index in [0.29, 0.717) is 39.2 Å². The number of carbonyl (C=O) groups is 4. The van der Waals surface area contributed by atoms with E-state index in [-0.39, 0.29) is 45.3 Å². The Labute approximate surface area is 367 Å². The third-order valence-corrected chi connectivity index (χ3v) is 9.37. The smallest absolute Gasteiger partial charge is 0.422 e. The number of esters is 2.